The number of nitro groups is 1. The van der Waals surface area contributed by atoms with E-state index in [1.165, 1.54) is 36.4 Å². The molecule has 162 valence electrons. The van der Waals surface area contributed by atoms with Crippen LogP contribution < -0.4 is 10.5 Å². The zero-order valence-corrected chi connectivity index (χ0v) is 18.4. The third-order valence-electron chi connectivity index (χ3n) is 4.06. The van der Waals surface area contributed by atoms with Gasteiger partial charge in [-0.25, -0.2) is 17.9 Å². The number of hydrogen-bond acceptors (Lipinski definition) is 8. The molecule has 13 heteroatoms. The highest BCUT2D eigenvalue weighted by Gasteiger charge is 2.28. The number of ether oxygens (including phenoxy) is 1. The summed E-state index contributed by atoms with van der Waals surface area (Å²) < 4.78 is 34.6. The van der Waals surface area contributed by atoms with Crippen LogP contribution in [0, 0.1) is 10.1 Å². The Morgan fingerprint density at radius 1 is 1.23 bits per heavy atom. The monoisotopic (exact) mass is 509 g/mol. The van der Waals surface area contributed by atoms with Gasteiger partial charge >= 0.3 is 5.97 Å². The number of nitrogens with two attached hydrogens (primary N) is 1. The first kappa shape index (κ1) is 22.2. The Morgan fingerprint density at radius 2 is 1.84 bits per heavy atom. The largest absolute Gasteiger partial charge is 0.462 e. The van der Waals surface area contributed by atoms with E-state index in [-0.39, 0.29) is 40.1 Å². The number of carbonyl (C=O) groups is 1. The smallest absolute Gasteiger partial charge is 0.345 e. The lowest BCUT2D eigenvalue weighted by Crippen LogP contribution is -2.16. The number of benzene rings is 2. The van der Waals surface area contributed by atoms with E-state index in [1.807, 2.05) is 0 Å². The maximum atomic E-state index is 12.8. The van der Waals surface area contributed by atoms with Crippen LogP contribution in [0.1, 0.15) is 17.3 Å². The molecule has 11 nitrogen and oxygen atoms in total. The number of nitrogens with zero attached hydrogens (tertiary/aromatic N) is 3. The summed E-state index contributed by atoms with van der Waals surface area (Å²) in [5.74, 6) is -1.40. The number of hydrogen-bond donors (Lipinski definition) is 2. The summed E-state index contributed by atoms with van der Waals surface area (Å²) in [7, 11) is -4.10. The average molecular weight is 510 g/mol. The third kappa shape index (κ3) is 4.67. The van der Waals surface area contributed by atoms with Gasteiger partial charge in [-0.15, -0.1) is 5.10 Å². The standard InChI is InChI=1S/C18H16BrN5O6S/c1-2-30-18(25)15-16(20)23(12-5-7-13(8-6-12)24(26)27)21-17(15)22-31(28,29)14-9-3-11(19)4-10-14/h3-10H,2,20H2,1H3,(H,21,22). The van der Waals surface area contributed by atoms with Gasteiger partial charge in [0.2, 0.25) is 0 Å². The zero-order chi connectivity index (χ0) is 22.8. The molecule has 0 unspecified atom stereocenters. The Balaban J connectivity index is 2.08. The van der Waals surface area contributed by atoms with Crippen molar-refractivity contribution in [2.45, 2.75) is 11.8 Å². The zero-order valence-electron chi connectivity index (χ0n) is 16.0. The van der Waals surface area contributed by atoms with Crippen LogP contribution in [-0.4, -0.2) is 35.7 Å². The Morgan fingerprint density at radius 3 is 2.39 bits per heavy atom. The molecule has 0 aliphatic heterocycles. The summed E-state index contributed by atoms with van der Waals surface area (Å²) in [4.78, 5) is 22.7. The number of esters is 1. The van der Waals surface area contributed by atoms with Gasteiger partial charge in [-0.3, -0.25) is 14.8 Å². The van der Waals surface area contributed by atoms with Gasteiger partial charge in [0.25, 0.3) is 15.7 Å². The van der Waals surface area contributed by atoms with E-state index in [4.69, 9.17) is 10.5 Å². The minimum Gasteiger partial charge on any atom is -0.462 e. The number of nitrogen functional groups attached to an aromatic ring is 1. The minimum absolute atomic E-state index is 0.0277. The van der Waals surface area contributed by atoms with Gasteiger partial charge < -0.3 is 10.5 Å². The Bertz CT molecular complexity index is 1240. The molecule has 0 amide bonds. The van der Waals surface area contributed by atoms with E-state index in [1.54, 1.807) is 19.1 Å². The second-order valence-corrected chi connectivity index (χ2v) is 8.67. The van der Waals surface area contributed by atoms with E-state index < -0.39 is 20.9 Å². The van der Waals surface area contributed by atoms with Crippen LogP contribution in [0.4, 0.5) is 17.3 Å². The van der Waals surface area contributed by atoms with Crippen LogP contribution in [0.15, 0.2) is 57.9 Å². The summed E-state index contributed by atoms with van der Waals surface area (Å²) >= 11 is 3.23. The minimum atomic E-state index is -4.10. The van der Waals surface area contributed by atoms with E-state index in [0.717, 1.165) is 4.68 Å². The van der Waals surface area contributed by atoms with Crippen molar-refractivity contribution < 1.29 is 22.9 Å². The predicted molar refractivity (Wildman–Crippen MR) is 116 cm³/mol. The normalized spacial score (nSPS) is 11.2. The number of anilines is 2. The van der Waals surface area contributed by atoms with Gasteiger partial charge in [-0.1, -0.05) is 15.9 Å². The van der Waals surface area contributed by atoms with E-state index in [0.29, 0.717) is 4.47 Å². The van der Waals surface area contributed by atoms with Crippen molar-refractivity contribution in [2.75, 3.05) is 17.1 Å². The molecule has 0 aliphatic carbocycles. The summed E-state index contributed by atoms with van der Waals surface area (Å²) in [5.41, 5.74) is 5.91. The highest BCUT2D eigenvalue weighted by Crippen LogP contribution is 2.29. The SMILES string of the molecule is CCOC(=O)c1c(NS(=O)(=O)c2ccc(Br)cc2)nn(-c2ccc([N+](=O)[O-])cc2)c1N. The number of non-ortho nitro benzene ring substituents is 1. The molecule has 3 aromatic rings. The lowest BCUT2D eigenvalue weighted by atomic mass is 10.2. The molecule has 2 aromatic carbocycles. The molecule has 0 bridgehead atoms. The fourth-order valence-electron chi connectivity index (χ4n) is 2.62. The van der Waals surface area contributed by atoms with Crippen molar-refractivity contribution in [1.82, 2.24) is 9.78 Å². The van der Waals surface area contributed by atoms with Crippen molar-refractivity contribution in [1.29, 1.82) is 0 Å². The van der Waals surface area contributed by atoms with Crippen LogP contribution in [0.5, 0.6) is 0 Å². The number of sulfonamides is 1. The second kappa shape index (κ2) is 8.73. The Hall–Kier alpha value is -3.45. The van der Waals surface area contributed by atoms with Gasteiger partial charge in [0, 0.05) is 16.6 Å². The average Bonchev–Trinajstić information content (AvgIpc) is 3.03. The van der Waals surface area contributed by atoms with Crippen molar-refractivity contribution >= 4 is 49.2 Å². The molecule has 0 aliphatic rings. The number of aromatic nitrogens is 2. The van der Waals surface area contributed by atoms with Gasteiger partial charge in [-0.05, 0) is 43.3 Å². The molecule has 1 aromatic heterocycles. The highest BCUT2D eigenvalue weighted by atomic mass is 79.9. The van der Waals surface area contributed by atoms with Crippen molar-refractivity contribution in [2.24, 2.45) is 0 Å². The molecule has 0 saturated heterocycles. The number of rotatable bonds is 7. The van der Waals surface area contributed by atoms with Gasteiger partial charge in [-0.2, -0.15) is 0 Å². The Kier molecular flexibility index (Phi) is 6.27. The van der Waals surface area contributed by atoms with E-state index >= 15 is 0 Å². The molecule has 0 spiro atoms. The van der Waals surface area contributed by atoms with Crippen molar-refractivity contribution in [3.8, 4) is 5.69 Å². The summed E-state index contributed by atoms with van der Waals surface area (Å²) in [6, 6.07) is 11.0. The summed E-state index contributed by atoms with van der Waals surface area (Å²) in [6.45, 7) is 1.61. The molecule has 0 saturated carbocycles. The molecule has 3 N–H and O–H groups in total. The van der Waals surface area contributed by atoms with Crippen LogP contribution in [-0.2, 0) is 14.8 Å². The number of halogens is 1. The fraction of sp³-hybridized carbons (Fsp3) is 0.111. The predicted octanol–water partition coefficient (Wildman–Crippen LogP) is 3.10. The van der Waals surface area contributed by atoms with Crippen LogP contribution >= 0.6 is 15.9 Å². The molecular weight excluding hydrogens is 494 g/mol. The highest BCUT2D eigenvalue weighted by molar-refractivity contribution is 9.10. The lowest BCUT2D eigenvalue weighted by molar-refractivity contribution is -0.384. The molecule has 3 rings (SSSR count). The number of nitrogens with one attached hydrogen (secondary N) is 1. The maximum absolute atomic E-state index is 12.8. The van der Waals surface area contributed by atoms with Crippen LogP contribution in [0.25, 0.3) is 5.69 Å². The van der Waals surface area contributed by atoms with Crippen LogP contribution in [0.3, 0.4) is 0 Å². The molecule has 0 atom stereocenters. The van der Waals surface area contributed by atoms with Gasteiger partial charge in [0.1, 0.15) is 11.4 Å². The molecule has 0 radical (unpaired) electrons. The molecular formula is C18H16BrN5O6S. The summed E-state index contributed by atoms with van der Waals surface area (Å²) in [5, 5.41) is 15.0. The first-order valence-electron chi connectivity index (χ1n) is 8.73. The molecule has 1 heterocycles. The fourth-order valence-corrected chi connectivity index (χ4v) is 3.89. The van der Waals surface area contributed by atoms with E-state index in [9.17, 15) is 23.3 Å². The van der Waals surface area contributed by atoms with Gasteiger partial charge in [0.05, 0.1) is 22.1 Å². The Labute approximate surface area is 185 Å². The lowest BCUT2D eigenvalue weighted by Gasteiger charge is -2.07. The van der Waals surface area contributed by atoms with E-state index in [2.05, 4.69) is 25.8 Å². The topological polar surface area (TPSA) is 159 Å². The maximum Gasteiger partial charge on any atom is 0.345 e. The first-order chi connectivity index (χ1) is 14.6. The van der Waals surface area contributed by atoms with Crippen LogP contribution in [0.2, 0.25) is 0 Å². The summed E-state index contributed by atoms with van der Waals surface area (Å²) in [6.07, 6.45) is 0. The number of carbonyl (C=O) groups excluding carboxylic acids is 1. The second-order valence-electron chi connectivity index (χ2n) is 6.07. The molecule has 0 fully saturated rings. The number of nitro benzene ring substituents is 1. The quantitative estimate of drug-likeness (QED) is 0.279. The third-order valence-corrected chi connectivity index (χ3v) is 5.94. The molecule has 31 heavy (non-hydrogen) atoms. The van der Waals surface area contributed by atoms with Gasteiger partial charge in [0.15, 0.2) is 5.82 Å². The van der Waals surface area contributed by atoms with Crippen molar-refractivity contribution in [3.63, 3.8) is 0 Å². The van der Waals surface area contributed by atoms with Crippen molar-refractivity contribution in [3.05, 3.63) is 68.7 Å². The first-order valence-corrected chi connectivity index (χ1v) is 11.0.